The van der Waals surface area contributed by atoms with Crippen molar-refractivity contribution in [1.29, 1.82) is 0 Å². The van der Waals surface area contributed by atoms with Crippen molar-refractivity contribution in [2.45, 2.75) is 37.1 Å². The monoisotopic (exact) mass is 363 g/mol. The molecular weight excluding hydrogens is 342 g/mol. The van der Waals surface area contributed by atoms with Gasteiger partial charge in [-0.15, -0.1) is 0 Å². The lowest BCUT2D eigenvalue weighted by Crippen LogP contribution is -2.19. The van der Waals surface area contributed by atoms with Gasteiger partial charge < -0.3 is 5.32 Å². The van der Waals surface area contributed by atoms with Gasteiger partial charge in [0.15, 0.2) is 0 Å². The number of benzene rings is 2. The van der Waals surface area contributed by atoms with E-state index in [1.54, 1.807) is 11.8 Å². The third-order valence-electron chi connectivity index (χ3n) is 3.21. The van der Waals surface area contributed by atoms with Crippen LogP contribution < -0.4 is 5.32 Å². The first-order chi connectivity index (χ1) is 10.0. The molecule has 0 atom stereocenters. The molecule has 0 aliphatic heterocycles. The van der Waals surface area contributed by atoms with Gasteiger partial charge in [0.1, 0.15) is 0 Å². The summed E-state index contributed by atoms with van der Waals surface area (Å²) in [5.41, 5.74) is 2.74. The van der Waals surface area contributed by atoms with Crippen LogP contribution in [0.15, 0.2) is 56.7 Å². The summed E-state index contributed by atoms with van der Waals surface area (Å²) in [4.78, 5) is 2.55. The Morgan fingerprint density at radius 2 is 1.86 bits per heavy atom. The molecule has 0 amide bonds. The Morgan fingerprint density at radius 3 is 2.52 bits per heavy atom. The lowest BCUT2D eigenvalue weighted by molar-refractivity contribution is 0.551. The highest BCUT2D eigenvalue weighted by Crippen LogP contribution is 2.30. The fourth-order valence-corrected chi connectivity index (χ4v) is 3.62. The molecule has 0 saturated heterocycles. The van der Waals surface area contributed by atoms with Crippen LogP contribution in [0.2, 0.25) is 0 Å². The Bertz CT molecular complexity index is 596. The van der Waals surface area contributed by atoms with Crippen molar-refractivity contribution in [3.8, 4) is 0 Å². The van der Waals surface area contributed by atoms with Gasteiger partial charge in [0.25, 0.3) is 0 Å². The number of hydrogen-bond acceptors (Lipinski definition) is 2. The number of nitrogens with one attached hydrogen (secondary N) is 1. The Kier molecular flexibility index (Phi) is 6.34. The molecule has 1 nitrogen and oxygen atoms in total. The molecule has 0 saturated carbocycles. The van der Waals surface area contributed by atoms with Gasteiger partial charge in [0.05, 0.1) is 0 Å². The molecule has 0 heterocycles. The van der Waals surface area contributed by atoms with Crippen LogP contribution in [0.4, 0.5) is 0 Å². The summed E-state index contributed by atoms with van der Waals surface area (Å²) in [6.07, 6.45) is 0. The molecule has 0 spiro atoms. The first-order valence-electron chi connectivity index (χ1n) is 7.28. The molecule has 0 aromatic heterocycles. The van der Waals surface area contributed by atoms with Crippen molar-refractivity contribution >= 4 is 27.7 Å². The molecule has 0 aliphatic rings. The third-order valence-corrected chi connectivity index (χ3v) is 4.69. The van der Waals surface area contributed by atoms with Gasteiger partial charge in [0.2, 0.25) is 0 Å². The molecule has 3 heteroatoms. The summed E-state index contributed by atoms with van der Waals surface area (Å²) in [5, 5.41) is 3.51. The quantitative estimate of drug-likeness (QED) is 0.710. The summed E-state index contributed by atoms with van der Waals surface area (Å²) >= 11 is 5.32. The lowest BCUT2D eigenvalue weighted by atomic mass is 10.1. The molecule has 112 valence electrons. The SMILES string of the molecule is Cc1cc(Sc2cccc(Br)c2)ccc1CNCC(C)C. The minimum absolute atomic E-state index is 0.691. The maximum absolute atomic E-state index is 3.52. The average Bonchev–Trinajstić information content (AvgIpc) is 2.41. The van der Waals surface area contributed by atoms with E-state index in [1.807, 2.05) is 0 Å². The predicted molar refractivity (Wildman–Crippen MR) is 96.0 cm³/mol. The zero-order chi connectivity index (χ0) is 15.2. The molecule has 0 aliphatic carbocycles. The molecule has 2 aromatic rings. The maximum atomic E-state index is 3.52. The van der Waals surface area contributed by atoms with Crippen LogP contribution >= 0.6 is 27.7 Å². The van der Waals surface area contributed by atoms with Gasteiger partial charge >= 0.3 is 0 Å². The molecule has 0 unspecified atom stereocenters. The minimum Gasteiger partial charge on any atom is -0.312 e. The number of halogens is 1. The van der Waals surface area contributed by atoms with Gasteiger partial charge in [-0.2, -0.15) is 0 Å². The maximum Gasteiger partial charge on any atom is 0.0208 e. The highest BCUT2D eigenvalue weighted by molar-refractivity contribution is 9.10. The number of hydrogen-bond donors (Lipinski definition) is 1. The standard InChI is InChI=1S/C18H22BrNS/c1-13(2)11-20-12-15-7-8-18(9-14(15)3)21-17-6-4-5-16(19)10-17/h4-10,13,20H,11-12H2,1-3H3. The van der Waals surface area contributed by atoms with Crippen LogP contribution in [-0.4, -0.2) is 6.54 Å². The third kappa shape index (κ3) is 5.50. The van der Waals surface area contributed by atoms with Crippen LogP contribution in [0, 0.1) is 12.8 Å². The first-order valence-corrected chi connectivity index (χ1v) is 8.89. The van der Waals surface area contributed by atoms with Gasteiger partial charge in [-0.25, -0.2) is 0 Å². The molecule has 1 N–H and O–H groups in total. The molecule has 2 aromatic carbocycles. The van der Waals surface area contributed by atoms with Gasteiger partial charge in [-0.05, 0) is 60.8 Å². The van der Waals surface area contributed by atoms with E-state index < -0.39 is 0 Å². The van der Waals surface area contributed by atoms with E-state index in [0.717, 1.165) is 17.6 Å². The fraction of sp³-hybridized carbons (Fsp3) is 0.333. The summed E-state index contributed by atoms with van der Waals surface area (Å²) in [5.74, 6) is 0.691. The molecule has 21 heavy (non-hydrogen) atoms. The number of aryl methyl sites for hydroxylation is 1. The van der Waals surface area contributed by atoms with Gasteiger partial charge in [-0.3, -0.25) is 0 Å². The molecule has 2 rings (SSSR count). The van der Waals surface area contributed by atoms with E-state index >= 15 is 0 Å². The van der Waals surface area contributed by atoms with Crippen molar-refractivity contribution in [3.05, 3.63) is 58.1 Å². The smallest absolute Gasteiger partial charge is 0.0208 e. The van der Waals surface area contributed by atoms with Crippen molar-refractivity contribution in [1.82, 2.24) is 5.32 Å². The van der Waals surface area contributed by atoms with Crippen LogP contribution in [0.5, 0.6) is 0 Å². The van der Waals surface area contributed by atoms with Crippen molar-refractivity contribution in [2.24, 2.45) is 5.92 Å². The van der Waals surface area contributed by atoms with E-state index in [0.29, 0.717) is 5.92 Å². The zero-order valence-electron chi connectivity index (χ0n) is 12.8. The van der Waals surface area contributed by atoms with Crippen molar-refractivity contribution < 1.29 is 0 Å². The largest absolute Gasteiger partial charge is 0.312 e. The first kappa shape index (κ1) is 16.6. The highest BCUT2D eigenvalue weighted by atomic mass is 79.9. The molecule has 0 radical (unpaired) electrons. The minimum atomic E-state index is 0.691. The predicted octanol–water partition coefficient (Wildman–Crippen LogP) is 5.65. The Hall–Kier alpha value is -0.770. The summed E-state index contributed by atoms with van der Waals surface area (Å²) in [7, 11) is 0. The van der Waals surface area contributed by atoms with Crippen LogP contribution in [-0.2, 0) is 6.54 Å². The highest BCUT2D eigenvalue weighted by Gasteiger charge is 2.03. The second-order valence-electron chi connectivity index (χ2n) is 5.67. The van der Waals surface area contributed by atoms with Crippen LogP contribution in [0.3, 0.4) is 0 Å². The van der Waals surface area contributed by atoms with Crippen molar-refractivity contribution in [3.63, 3.8) is 0 Å². The molecular formula is C18H22BrNS. The van der Waals surface area contributed by atoms with E-state index in [2.05, 4.69) is 84.5 Å². The van der Waals surface area contributed by atoms with Gasteiger partial charge in [-0.1, -0.05) is 53.7 Å². The number of rotatable bonds is 6. The Labute approximate surface area is 140 Å². The van der Waals surface area contributed by atoms with Crippen molar-refractivity contribution in [2.75, 3.05) is 6.54 Å². The topological polar surface area (TPSA) is 12.0 Å². The van der Waals surface area contributed by atoms with E-state index in [4.69, 9.17) is 0 Å². The zero-order valence-corrected chi connectivity index (χ0v) is 15.2. The fourth-order valence-electron chi connectivity index (χ4n) is 2.09. The summed E-state index contributed by atoms with van der Waals surface area (Å²) < 4.78 is 1.12. The van der Waals surface area contributed by atoms with E-state index in [1.165, 1.54) is 20.9 Å². The van der Waals surface area contributed by atoms with Crippen LogP contribution in [0.1, 0.15) is 25.0 Å². The molecule has 0 bridgehead atoms. The summed E-state index contributed by atoms with van der Waals surface area (Å²) in [6.45, 7) is 8.67. The Morgan fingerprint density at radius 1 is 1.10 bits per heavy atom. The summed E-state index contributed by atoms with van der Waals surface area (Å²) in [6, 6.07) is 15.1. The van der Waals surface area contributed by atoms with Crippen LogP contribution in [0.25, 0.3) is 0 Å². The van der Waals surface area contributed by atoms with Gasteiger partial charge in [0, 0.05) is 20.8 Å². The second kappa shape index (κ2) is 8.02. The Balaban J connectivity index is 2.01. The van der Waals surface area contributed by atoms with E-state index in [-0.39, 0.29) is 0 Å². The second-order valence-corrected chi connectivity index (χ2v) is 7.74. The average molecular weight is 364 g/mol. The van der Waals surface area contributed by atoms with E-state index in [9.17, 15) is 0 Å². The molecule has 0 fully saturated rings. The normalized spacial score (nSPS) is 11.1. The lowest BCUT2D eigenvalue weighted by Gasteiger charge is -2.11.